The van der Waals surface area contributed by atoms with E-state index in [0.717, 1.165) is 18.6 Å². The molecule has 4 nitrogen and oxygen atoms in total. The van der Waals surface area contributed by atoms with Crippen LogP contribution in [0.25, 0.3) is 0 Å². The van der Waals surface area contributed by atoms with E-state index in [1.807, 2.05) is 14.1 Å². The van der Waals surface area contributed by atoms with Gasteiger partial charge in [0, 0.05) is 45.2 Å². The van der Waals surface area contributed by atoms with Gasteiger partial charge in [-0.1, -0.05) is 0 Å². The van der Waals surface area contributed by atoms with E-state index in [4.69, 9.17) is 0 Å². The molecule has 1 N–H and O–H groups in total. The van der Waals surface area contributed by atoms with Gasteiger partial charge >= 0.3 is 0 Å². The summed E-state index contributed by atoms with van der Waals surface area (Å²) in [5, 5.41) is 3.55. The molecule has 0 aromatic rings. The Morgan fingerprint density at radius 1 is 1.29 bits per heavy atom. The van der Waals surface area contributed by atoms with Crippen molar-refractivity contribution in [3.8, 4) is 0 Å². The zero-order valence-corrected chi connectivity index (χ0v) is 11.3. The molecule has 0 saturated carbocycles. The normalized spacial score (nSPS) is 32.8. The molecule has 98 valence electrons. The first-order valence-electron chi connectivity index (χ1n) is 6.73. The first-order chi connectivity index (χ1) is 8.08. The van der Waals surface area contributed by atoms with Crippen LogP contribution in [0.2, 0.25) is 0 Å². The van der Waals surface area contributed by atoms with Crippen molar-refractivity contribution in [2.45, 2.75) is 50.2 Å². The van der Waals surface area contributed by atoms with Crippen molar-refractivity contribution in [2.75, 3.05) is 27.7 Å². The summed E-state index contributed by atoms with van der Waals surface area (Å²) in [4.78, 5) is 15.7. The van der Waals surface area contributed by atoms with Gasteiger partial charge in [-0.05, 0) is 32.7 Å². The number of rotatable bonds is 4. The van der Waals surface area contributed by atoms with Gasteiger partial charge in [0.2, 0.25) is 5.91 Å². The highest BCUT2D eigenvalue weighted by molar-refractivity contribution is 5.75. The molecule has 2 saturated heterocycles. The summed E-state index contributed by atoms with van der Waals surface area (Å²) in [5.41, 5.74) is 0. The molecule has 1 amide bonds. The number of hydrogen-bond donors (Lipinski definition) is 1. The summed E-state index contributed by atoms with van der Waals surface area (Å²) >= 11 is 0. The molecule has 0 radical (unpaired) electrons. The van der Waals surface area contributed by atoms with Gasteiger partial charge in [-0.15, -0.1) is 0 Å². The first-order valence-corrected chi connectivity index (χ1v) is 6.73. The Labute approximate surface area is 104 Å². The Morgan fingerprint density at radius 2 is 1.88 bits per heavy atom. The lowest BCUT2D eigenvalue weighted by Crippen LogP contribution is -2.47. The largest absolute Gasteiger partial charge is 0.349 e. The van der Waals surface area contributed by atoms with E-state index in [9.17, 15) is 4.79 Å². The minimum absolute atomic E-state index is 0.216. The summed E-state index contributed by atoms with van der Waals surface area (Å²) in [5.74, 6) is 0.216. The Morgan fingerprint density at radius 3 is 2.41 bits per heavy atom. The lowest BCUT2D eigenvalue weighted by Gasteiger charge is -2.36. The molecule has 0 spiro atoms. The number of nitrogens with one attached hydrogen (secondary N) is 1. The molecule has 0 aliphatic carbocycles. The third kappa shape index (κ3) is 2.99. The van der Waals surface area contributed by atoms with Crippen molar-refractivity contribution in [1.29, 1.82) is 0 Å². The SMILES string of the molecule is CN(C)C(=O)CCNC1CC2CCC(C1)N2C. The number of amides is 1. The summed E-state index contributed by atoms with van der Waals surface area (Å²) in [6.07, 6.45) is 5.84. The second kappa shape index (κ2) is 5.36. The molecule has 2 atom stereocenters. The van der Waals surface area contributed by atoms with Crippen LogP contribution < -0.4 is 5.32 Å². The van der Waals surface area contributed by atoms with Gasteiger partial charge in [-0.3, -0.25) is 4.79 Å². The molecule has 2 aliphatic heterocycles. The number of carbonyl (C=O) groups is 1. The summed E-state index contributed by atoms with van der Waals surface area (Å²) in [7, 11) is 5.89. The van der Waals surface area contributed by atoms with Crippen molar-refractivity contribution >= 4 is 5.91 Å². The third-order valence-corrected chi connectivity index (χ3v) is 4.37. The fourth-order valence-electron chi connectivity index (χ4n) is 3.18. The van der Waals surface area contributed by atoms with Crippen molar-refractivity contribution in [2.24, 2.45) is 0 Å². The Kier molecular flexibility index (Phi) is 4.05. The third-order valence-electron chi connectivity index (χ3n) is 4.37. The number of piperidine rings is 1. The molecule has 0 aromatic heterocycles. The molecule has 17 heavy (non-hydrogen) atoms. The van der Waals surface area contributed by atoms with Gasteiger partial charge in [0.25, 0.3) is 0 Å². The molecule has 2 heterocycles. The number of hydrogen-bond acceptors (Lipinski definition) is 3. The molecular weight excluding hydrogens is 214 g/mol. The van der Waals surface area contributed by atoms with Crippen LogP contribution in [-0.2, 0) is 4.79 Å². The van der Waals surface area contributed by atoms with Crippen LogP contribution >= 0.6 is 0 Å². The van der Waals surface area contributed by atoms with E-state index in [0.29, 0.717) is 12.5 Å². The van der Waals surface area contributed by atoms with Crippen molar-refractivity contribution < 1.29 is 4.79 Å². The number of carbonyl (C=O) groups excluding carboxylic acids is 1. The van der Waals surface area contributed by atoms with Gasteiger partial charge in [0.15, 0.2) is 0 Å². The topological polar surface area (TPSA) is 35.6 Å². The second-order valence-corrected chi connectivity index (χ2v) is 5.71. The van der Waals surface area contributed by atoms with Crippen molar-refractivity contribution in [3.05, 3.63) is 0 Å². The monoisotopic (exact) mass is 239 g/mol. The molecule has 2 unspecified atom stereocenters. The van der Waals surface area contributed by atoms with Gasteiger partial charge in [0.1, 0.15) is 0 Å². The molecule has 4 heteroatoms. The Balaban J connectivity index is 1.70. The zero-order valence-electron chi connectivity index (χ0n) is 11.3. The van der Waals surface area contributed by atoms with Crippen LogP contribution in [0.4, 0.5) is 0 Å². The highest BCUT2D eigenvalue weighted by atomic mass is 16.2. The molecule has 2 rings (SSSR count). The van der Waals surface area contributed by atoms with Gasteiger partial charge in [-0.25, -0.2) is 0 Å². The standard InChI is InChI=1S/C13H25N3O/c1-15(2)13(17)6-7-14-10-8-11-4-5-12(9-10)16(11)3/h10-12,14H,4-9H2,1-3H3. The highest BCUT2D eigenvalue weighted by Crippen LogP contribution is 2.34. The molecule has 2 aliphatic rings. The number of fused-ring (bicyclic) bond motifs is 2. The van der Waals surface area contributed by atoms with Crippen LogP contribution in [0, 0.1) is 0 Å². The van der Waals surface area contributed by atoms with E-state index in [-0.39, 0.29) is 5.91 Å². The van der Waals surface area contributed by atoms with Crippen LogP contribution in [0.5, 0.6) is 0 Å². The highest BCUT2D eigenvalue weighted by Gasteiger charge is 2.37. The van der Waals surface area contributed by atoms with E-state index < -0.39 is 0 Å². The van der Waals surface area contributed by atoms with Gasteiger partial charge in [-0.2, -0.15) is 0 Å². The van der Waals surface area contributed by atoms with Crippen LogP contribution in [0.15, 0.2) is 0 Å². The fourth-order valence-corrected chi connectivity index (χ4v) is 3.18. The number of nitrogens with zero attached hydrogens (tertiary/aromatic N) is 2. The van der Waals surface area contributed by atoms with E-state index in [2.05, 4.69) is 17.3 Å². The van der Waals surface area contributed by atoms with E-state index in [1.165, 1.54) is 25.7 Å². The predicted octanol–water partition coefficient (Wildman–Crippen LogP) is 0.680. The van der Waals surface area contributed by atoms with Crippen LogP contribution in [0.1, 0.15) is 32.1 Å². The Hall–Kier alpha value is -0.610. The zero-order chi connectivity index (χ0) is 12.4. The average Bonchev–Trinajstić information content (AvgIpc) is 2.53. The van der Waals surface area contributed by atoms with E-state index >= 15 is 0 Å². The first kappa shape index (κ1) is 12.8. The maximum absolute atomic E-state index is 11.5. The Bertz CT molecular complexity index is 266. The van der Waals surface area contributed by atoms with E-state index in [1.54, 1.807) is 4.90 Å². The minimum Gasteiger partial charge on any atom is -0.349 e. The summed E-state index contributed by atoms with van der Waals surface area (Å²) in [6, 6.07) is 2.17. The second-order valence-electron chi connectivity index (χ2n) is 5.71. The van der Waals surface area contributed by atoms with Crippen LogP contribution in [0.3, 0.4) is 0 Å². The fraction of sp³-hybridized carbons (Fsp3) is 0.923. The maximum Gasteiger partial charge on any atom is 0.223 e. The predicted molar refractivity (Wildman–Crippen MR) is 68.9 cm³/mol. The summed E-state index contributed by atoms with van der Waals surface area (Å²) in [6.45, 7) is 0.824. The van der Waals surface area contributed by atoms with Gasteiger partial charge < -0.3 is 15.1 Å². The van der Waals surface area contributed by atoms with Crippen molar-refractivity contribution in [1.82, 2.24) is 15.1 Å². The van der Waals surface area contributed by atoms with Crippen molar-refractivity contribution in [3.63, 3.8) is 0 Å². The molecule has 2 bridgehead atoms. The molecule has 2 fully saturated rings. The average molecular weight is 239 g/mol. The smallest absolute Gasteiger partial charge is 0.223 e. The van der Waals surface area contributed by atoms with Crippen LogP contribution in [-0.4, -0.2) is 61.5 Å². The maximum atomic E-state index is 11.5. The molecule has 0 aromatic carbocycles. The summed E-state index contributed by atoms with van der Waals surface area (Å²) < 4.78 is 0. The lowest BCUT2D eigenvalue weighted by atomic mass is 9.98. The van der Waals surface area contributed by atoms with Gasteiger partial charge in [0.05, 0.1) is 0 Å². The molecular formula is C13H25N3O. The quantitative estimate of drug-likeness (QED) is 0.783. The lowest BCUT2D eigenvalue weighted by molar-refractivity contribution is -0.128. The minimum atomic E-state index is 0.216.